The molecule has 3 rings (SSSR count). The summed E-state index contributed by atoms with van der Waals surface area (Å²) in [5.41, 5.74) is 2.19. The SMILES string of the molecule is CCCCc1nc2c(s1)CCC(COS(=O)(=O)c1ccc(C)cc1)C2. The van der Waals surface area contributed by atoms with Crippen LogP contribution in [0.15, 0.2) is 29.2 Å². The van der Waals surface area contributed by atoms with Crippen molar-refractivity contribution in [1.82, 2.24) is 4.98 Å². The van der Waals surface area contributed by atoms with Gasteiger partial charge >= 0.3 is 0 Å². The van der Waals surface area contributed by atoms with E-state index in [9.17, 15) is 8.42 Å². The van der Waals surface area contributed by atoms with Gasteiger partial charge in [-0.3, -0.25) is 4.18 Å². The van der Waals surface area contributed by atoms with E-state index in [1.54, 1.807) is 24.3 Å². The van der Waals surface area contributed by atoms with Gasteiger partial charge in [0.15, 0.2) is 0 Å². The van der Waals surface area contributed by atoms with E-state index in [-0.39, 0.29) is 17.4 Å². The fourth-order valence-corrected chi connectivity index (χ4v) is 5.17. The van der Waals surface area contributed by atoms with Crippen molar-refractivity contribution in [3.05, 3.63) is 45.4 Å². The van der Waals surface area contributed by atoms with E-state index < -0.39 is 10.1 Å². The van der Waals surface area contributed by atoms with E-state index in [1.165, 1.54) is 22.7 Å². The Morgan fingerprint density at radius 1 is 1.28 bits per heavy atom. The highest BCUT2D eigenvalue weighted by Crippen LogP contribution is 2.31. The number of fused-ring (bicyclic) bond motifs is 1. The lowest BCUT2D eigenvalue weighted by Gasteiger charge is -2.20. The van der Waals surface area contributed by atoms with Gasteiger partial charge in [0, 0.05) is 4.88 Å². The topological polar surface area (TPSA) is 56.3 Å². The van der Waals surface area contributed by atoms with Gasteiger partial charge in [-0.1, -0.05) is 31.0 Å². The smallest absolute Gasteiger partial charge is 0.266 e. The number of unbranched alkanes of at least 4 members (excludes halogenated alkanes) is 1. The number of thiazole rings is 1. The van der Waals surface area contributed by atoms with Gasteiger partial charge in [-0.05, 0) is 57.1 Å². The van der Waals surface area contributed by atoms with Crippen molar-refractivity contribution in [1.29, 1.82) is 0 Å². The number of nitrogens with zero attached hydrogens (tertiary/aromatic N) is 1. The van der Waals surface area contributed by atoms with Crippen LogP contribution in [0.3, 0.4) is 0 Å². The quantitative estimate of drug-likeness (QED) is 0.673. The van der Waals surface area contributed by atoms with Crippen LogP contribution in [-0.2, 0) is 33.6 Å². The zero-order valence-corrected chi connectivity index (χ0v) is 16.5. The van der Waals surface area contributed by atoms with E-state index in [0.717, 1.165) is 36.9 Å². The Morgan fingerprint density at radius 3 is 2.76 bits per heavy atom. The summed E-state index contributed by atoms with van der Waals surface area (Å²) in [6, 6.07) is 6.78. The van der Waals surface area contributed by atoms with Crippen LogP contribution in [0.4, 0.5) is 0 Å². The Balaban J connectivity index is 1.59. The second-order valence-electron chi connectivity index (χ2n) is 6.74. The maximum Gasteiger partial charge on any atom is 0.296 e. The van der Waals surface area contributed by atoms with Gasteiger partial charge in [0.25, 0.3) is 10.1 Å². The molecule has 1 aromatic carbocycles. The van der Waals surface area contributed by atoms with Crippen LogP contribution >= 0.6 is 11.3 Å². The van der Waals surface area contributed by atoms with E-state index in [4.69, 9.17) is 9.17 Å². The van der Waals surface area contributed by atoms with Gasteiger partial charge in [0.2, 0.25) is 0 Å². The summed E-state index contributed by atoms with van der Waals surface area (Å²) in [5.74, 6) is 0.217. The Bertz CT molecular complexity index is 810. The Kier molecular flexibility index (Phi) is 5.92. The molecule has 1 atom stereocenters. The molecule has 0 aliphatic heterocycles. The number of hydrogen-bond acceptors (Lipinski definition) is 5. The molecule has 6 heteroatoms. The predicted molar refractivity (Wildman–Crippen MR) is 101 cm³/mol. The lowest BCUT2D eigenvalue weighted by molar-refractivity contribution is 0.239. The van der Waals surface area contributed by atoms with Crippen molar-refractivity contribution in [3.63, 3.8) is 0 Å². The minimum atomic E-state index is -3.68. The number of aromatic nitrogens is 1. The van der Waals surface area contributed by atoms with Gasteiger partial charge in [0.05, 0.1) is 22.2 Å². The number of aryl methyl sites for hydroxylation is 3. The monoisotopic (exact) mass is 379 g/mol. The molecule has 136 valence electrons. The molecule has 2 aromatic rings. The van der Waals surface area contributed by atoms with Gasteiger partial charge in [-0.2, -0.15) is 8.42 Å². The lowest BCUT2D eigenvalue weighted by atomic mass is 9.92. The molecule has 0 fully saturated rings. The number of hydrogen-bond donors (Lipinski definition) is 0. The normalized spacial score (nSPS) is 17.4. The first kappa shape index (κ1) is 18.5. The average molecular weight is 380 g/mol. The minimum Gasteiger partial charge on any atom is -0.266 e. The molecule has 0 amide bonds. The van der Waals surface area contributed by atoms with Crippen LogP contribution in [0.2, 0.25) is 0 Å². The maximum atomic E-state index is 12.3. The van der Waals surface area contributed by atoms with Crippen LogP contribution < -0.4 is 0 Å². The van der Waals surface area contributed by atoms with Crippen molar-refractivity contribution in [3.8, 4) is 0 Å². The highest BCUT2D eigenvalue weighted by molar-refractivity contribution is 7.86. The third-order valence-corrected chi connectivity index (χ3v) is 7.11. The van der Waals surface area contributed by atoms with Crippen LogP contribution in [-0.4, -0.2) is 20.0 Å². The van der Waals surface area contributed by atoms with E-state index >= 15 is 0 Å². The van der Waals surface area contributed by atoms with E-state index in [0.29, 0.717) is 0 Å². The first-order chi connectivity index (χ1) is 12.0. The molecule has 0 N–H and O–H groups in total. The summed E-state index contributed by atoms with van der Waals surface area (Å²) in [4.78, 5) is 6.37. The van der Waals surface area contributed by atoms with Crippen molar-refractivity contribution in [2.24, 2.45) is 5.92 Å². The fraction of sp³-hybridized carbons (Fsp3) is 0.526. The molecule has 0 spiro atoms. The second-order valence-corrected chi connectivity index (χ2v) is 9.53. The number of benzene rings is 1. The molecule has 1 aliphatic carbocycles. The second kappa shape index (κ2) is 7.98. The standard InChI is InChI=1S/C19H25NO3S2/c1-3-4-5-19-20-17-12-15(8-11-18(17)24-19)13-23-25(21,22)16-9-6-14(2)7-10-16/h6-7,9-10,15H,3-5,8,11-13H2,1-2H3. The molecule has 4 nitrogen and oxygen atoms in total. The third-order valence-electron chi connectivity index (χ3n) is 4.60. The summed E-state index contributed by atoms with van der Waals surface area (Å²) in [5, 5.41) is 1.22. The summed E-state index contributed by atoms with van der Waals surface area (Å²) in [7, 11) is -3.68. The first-order valence-electron chi connectivity index (χ1n) is 8.91. The zero-order chi connectivity index (χ0) is 17.9. The summed E-state index contributed by atoms with van der Waals surface area (Å²) < 4.78 is 30.0. The molecule has 1 aliphatic rings. The van der Waals surface area contributed by atoms with E-state index in [2.05, 4.69) is 6.92 Å². The van der Waals surface area contributed by atoms with E-state index in [1.807, 2.05) is 18.3 Å². The zero-order valence-electron chi connectivity index (χ0n) is 14.8. The Labute approximate surface area is 154 Å². The molecule has 1 unspecified atom stereocenters. The highest BCUT2D eigenvalue weighted by Gasteiger charge is 2.25. The molecule has 1 heterocycles. The van der Waals surface area contributed by atoms with Crippen LogP contribution in [0.1, 0.15) is 47.3 Å². The number of rotatable bonds is 7. The highest BCUT2D eigenvalue weighted by atomic mass is 32.2. The lowest BCUT2D eigenvalue weighted by Crippen LogP contribution is -2.21. The van der Waals surface area contributed by atoms with Gasteiger partial charge in [0.1, 0.15) is 0 Å². The Morgan fingerprint density at radius 2 is 2.04 bits per heavy atom. The van der Waals surface area contributed by atoms with Crippen molar-refractivity contribution < 1.29 is 12.6 Å². The largest absolute Gasteiger partial charge is 0.296 e. The predicted octanol–water partition coefficient (Wildman–Crippen LogP) is 4.30. The minimum absolute atomic E-state index is 0.217. The Hall–Kier alpha value is -1.24. The summed E-state index contributed by atoms with van der Waals surface area (Å²) in [6.45, 7) is 4.35. The summed E-state index contributed by atoms with van der Waals surface area (Å²) in [6.07, 6.45) is 6.17. The molecule has 1 aromatic heterocycles. The van der Waals surface area contributed by atoms with Gasteiger partial charge < -0.3 is 0 Å². The van der Waals surface area contributed by atoms with Crippen LogP contribution in [0.25, 0.3) is 0 Å². The maximum absolute atomic E-state index is 12.3. The third kappa shape index (κ3) is 4.68. The molecule has 0 saturated heterocycles. The fourth-order valence-electron chi connectivity index (χ4n) is 3.04. The molecule has 0 bridgehead atoms. The summed E-state index contributed by atoms with van der Waals surface area (Å²) >= 11 is 1.83. The molecular weight excluding hydrogens is 354 g/mol. The molecule has 0 saturated carbocycles. The average Bonchev–Trinajstić information content (AvgIpc) is 3.00. The van der Waals surface area contributed by atoms with Gasteiger partial charge in [-0.15, -0.1) is 11.3 Å². The van der Waals surface area contributed by atoms with Crippen molar-refractivity contribution >= 4 is 21.5 Å². The molecule has 25 heavy (non-hydrogen) atoms. The molecule has 0 radical (unpaired) electrons. The van der Waals surface area contributed by atoms with Crippen molar-refractivity contribution in [2.45, 2.75) is 57.3 Å². The van der Waals surface area contributed by atoms with Crippen molar-refractivity contribution in [2.75, 3.05) is 6.61 Å². The van der Waals surface area contributed by atoms with Crippen LogP contribution in [0.5, 0.6) is 0 Å². The van der Waals surface area contributed by atoms with Gasteiger partial charge in [-0.25, -0.2) is 4.98 Å². The first-order valence-corrected chi connectivity index (χ1v) is 11.1. The molecular formula is C19H25NO3S2. The van der Waals surface area contributed by atoms with Crippen LogP contribution in [0, 0.1) is 12.8 Å².